The second kappa shape index (κ2) is 6.93. The number of anilines is 1. The number of rotatable bonds is 2. The minimum absolute atomic E-state index is 0.131. The number of fused-ring (bicyclic) bond motifs is 5. The van der Waals surface area contributed by atoms with Crippen LogP contribution in [-0.4, -0.2) is 44.0 Å². The van der Waals surface area contributed by atoms with Gasteiger partial charge < -0.3 is 20.1 Å². The Kier molecular flexibility index (Phi) is 4.60. The average Bonchev–Trinajstić information content (AvgIpc) is 3.04. The van der Waals surface area contributed by atoms with Crippen LogP contribution in [0.25, 0.3) is 0 Å². The highest BCUT2D eigenvalue weighted by Crippen LogP contribution is 2.64. The second-order valence-corrected chi connectivity index (χ2v) is 9.87. The molecule has 4 nitrogen and oxygen atoms in total. The van der Waals surface area contributed by atoms with Crippen LogP contribution in [0.5, 0.6) is 5.75 Å². The molecule has 0 amide bonds. The van der Waals surface area contributed by atoms with Crippen LogP contribution in [0.2, 0.25) is 0 Å². The largest absolute Gasteiger partial charge is 0.495 e. The summed E-state index contributed by atoms with van der Waals surface area (Å²) in [6, 6.07) is 4.75. The number of nitrogens with zero attached hydrogens (tertiary/aromatic N) is 1. The van der Waals surface area contributed by atoms with E-state index in [9.17, 15) is 5.11 Å². The van der Waals surface area contributed by atoms with Crippen molar-refractivity contribution in [1.29, 1.82) is 0 Å². The van der Waals surface area contributed by atoms with Gasteiger partial charge in [0.15, 0.2) is 0 Å². The van der Waals surface area contributed by atoms with E-state index in [1.807, 2.05) is 0 Å². The maximum atomic E-state index is 11.2. The Morgan fingerprint density at radius 3 is 2.72 bits per heavy atom. The lowest BCUT2D eigenvalue weighted by Crippen LogP contribution is -2.50. The Labute approximate surface area is 175 Å². The van der Waals surface area contributed by atoms with E-state index in [1.54, 1.807) is 7.11 Å². The van der Waals surface area contributed by atoms with Gasteiger partial charge in [-0.3, -0.25) is 0 Å². The van der Waals surface area contributed by atoms with E-state index >= 15 is 0 Å². The Morgan fingerprint density at radius 2 is 2.00 bits per heavy atom. The molecule has 29 heavy (non-hydrogen) atoms. The SMILES string of the molecule is C#C[C@]1(O)CCC2C3CCc4cc(OC)c(N5CCNCC5)cc4C3CC[C@@]21C. The summed E-state index contributed by atoms with van der Waals surface area (Å²) in [5.41, 5.74) is 3.21. The van der Waals surface area contributed by atoms with E-state index in [0.29, 0.717) is 17.8 Å². The highest BCUT2D eigenvalue weighted by atomic mass is 16.5. The number of terminal acetylenes is 1. The van der Waals surface area contributed by atoms with Crippen LogP contribution in [0.1, 0.15) is 56.1 Å². The van der Waals surface area contributed by atoms with E-state index in [2.05, 4.69) is 35.2 Å². The van der Waals surface area contributed by atoms with Crippen LogP contribution in [0.3, 0.4) is 0 Å². The number of aliphatic hydroxyl groups is 1. The molecule has 5 rings (SSSR count). The molecule has 0 radical (unpaired) electrons. The van der Waals surface area contributed by atoms with Gasteiger partial charge >= 0.3 is 0 Å². The first-order valence-corrected chi connectivity index (χ1v) is 11.4. The summed E-state index contributed by atoms with van der Waals surface area (Å²) >= 11 is 0. The smallest absolute Gasteiger partial charge is 0.142 e. The fraction of sp³-hybridized carbons (Fsp3) is 0.680. The molecule has 3 aliphatic carbocycles. The summed E-state index contributed by atoms with van der Waals surface area (Å²) in [5.74, 6) is 5.56. The van der Waals surface area contributed by atoms with E-state index in [4.69, 9.17) is 11.2 Å². The van der Waals surface area contributed by atoms with Gasteiger partial charge in [-0.2, -0.15) is 0 Å². The zero-order valence-corrected chi connectivity index (χ0v) is 17.8. The van der Waals surface area contributed by atoms with E-state index in [-0.39, 0.29) is 5.41 Å². The second-order valence-electron chi connectivity index (χ2n) is 9.87. The van der Waals surface area contributed by atoms with Crippen molar-refractivity contribution in [1.82, 2.24) is 5.32 Å². The molecule has 3 fully saturated rings. The van der Waals surface area contributed by atoms with Crippen molar-refractivity contribution in [3.63, 3.8) is 0 Å². The summed E-state index contributed by atoms with van der Waals surface area (Å²) in [4.78, 5) is 2.47. The highest BCUT2D eigenvalue weighted by molar-refractivity contribution is 5.63. The molecule has 0 spiro atoms. The number of benzene rings is 1. The van der Waals surface area contributed by atoms with Crippen molar-refractivity contribution >= 4 is 5.69 Å². The molecule has 3 unspecified atom stereocenters. The third kappa shape index (κ3) is 2.74. The number of hydrogen-bond donors (Lipinski definition) is 2. The molecule has 1 aliphatic heterocycles. The molecular weight excluding hydrogens is 360 g/mol. The van der Waals surface area contributed by atoms with Crippen molar-refractivity contribution in [2.24, 2.45) is 17.3 Å². The number of aryl methyl sites for hydroxylation is 1. The number of piperazine rings is 1. The number of ether oxygens (including phenoxy) is 1. The van der Waals surface area contributed by atoms with Crippen molar-refractivity contribution in [3.05, 3.63) is 23.3 Å². The zero-order chi connectivity index (χ0) is 20.2. The summed E-state index contributed by atoms with van der Waals surface area (Å²) in [5, 5.41) is 14.6. The number of nitrogens with one attached hydrogen (secondary N) is 1. The van der Waals surface area contributed by atoms with E-state index in [0.717, 1.165) is 64.0 Å². The zero-order valence-electron chi connectivity index (χ0n) is 17.8. The lowest BCUT2D eigenvalue weighted by Gasteiger charge is -2.52. The number of hydrogen-bond acceptors (Lipinski definition) is 4. The van der Waals surface area contributed by atoms with Gasteiger partial charge in [0.1, 0.15) is 11.4 Å². The van der Waals surface area contributed by atoms with Crippen molar-refractivity contribution < 1.29 is 9.84 Å². The molecule has 1 aromatic rings. The fourth-order valence-corrected chi connectivity index (χ4v) is 7.16. The molecule has 4 aliphatic rings. The predicted octanol–water partition coefficient (Wildman–Crippen LogP) is 3.33. The highest BCUT2D eigenvalue weighted by Gasteiger charge is 2.61. The summed E-state index contributed by atoms with van der Waals surface area (Å²) in [6.45, 7) is 6.36. The fourth-order valence-electron chi connectivity index (χ4n) is 7.16. The Hall–Kier alpha value is -1.70. The van der Waals surface area contributed by atoms with Gasteiger partial charge in [0, 0.05) is 31.6 Å². The predicted molar refractivity (Wildman–Crippen MR) is 116 cm³/mol. The Morgan fingerprint density at radius 1 is 1.21 bits per heavy atom. The first-order valence-electron chi connectivity index (χ1n) is 11.4. The molecule has 0 aromatic heterocycles. The topological polar surface area (TPSA) is 44.7 Å². The third-order valence-corrected chi connectivity index (χ3v) is 8.87. The molecule has 1 aromatic carbocycles. The lowest BCUT2D eigenvalue weighted by molar-refractivity contribution is -0.0646. The summed E-state index contributed by atoms with van der Waals surface area (Å²) < 4.78 is 5.81. The molecule has 5 atom stereocenters. The Bertz CT molecular complexity index is 840. The lowest BCUT2D eigenvalue weighted by atomic mass is 9.53. The van der Waals surface area contributed by atoms with E-state index < -0.39 is 5.60 Å². The van der Waals surface area contributed by atoms with Crippen LogP contribution in [0.4, 0.5) is 5.69 Å². The van der Waals surface area contributed by atoms with Crippen LogP contribution < -0.4 is 15.0 Å². The molecule has 2 N–H and O–H groups in total. The molecule has 2 saturated carbocycles. The van der Waals surface area contributed by atoms with Crippen molar-refractivity contribution in [2.75, 3.05) is 38.2 Å². The molecule has 1 saturated heterocycles. The molecular formula is C25H34N2O2. The van der Waals surface area contributed by atoms with Gasteiger partial charge in [-0.05, 0) is 79.5 Å². The maximum Gasteiger partial charge on any atom is 0.142 e. The van der Waals surface area contributed by atoms with Crippen molar-refractivity contribution in [3.8, 4) is 18.1 Å². The summed E-state index contributed by atoms with van der Waals surface area (Å²) in [6.07, 6.45) is 12.1. The van der Waals surface area contributed by atoms with Crippen LogP contribution in [0.15, 0.2) is 12.1 Å². The van der Waals surface area contributed by atoms with Gasteiger partial charge in [0.05, 0.1) is 12.8 Å². The normalized spacial score (nSPS) is 38.6. The first-order chi connectivity index (χ1) is 14.0. The van der Waals surface area contributed by atoms with Gasteiger partial charge in [-0.25, -0.2) is 0 Å². The minimum Gasteiger partial charge on any atom is -0.495 e. The molecule has 0 bridgehead atoms. The number of methoxy groups -OCH3 is 1. The summed E-state index contributed by atoms with van der Waals surface area (Å²) in [7, 11) is 1.80. The van der Waals surface area contributed by atoms with E-state index in [1.165, 1.54) is 23.2 Å². The van der Waals surface area contributed by atoms with Crippen LogP contribution in [0, 0.1) is 29.6 Å². The monoisotopic (exact) mass is 394 g/mol. The molecule has 4 heteroatoms. The molecule has 1 heterocycles. The quantitative estimate of drug-likeness (QED) is 0.756. The van der Waals surface area contributed by atoms with Gasteiger partial charge in [-0.15, -0.1) is 6.42 Å². The minimum atomic E-state index is -0.922. The van der Waals surface area contributed by atoms with Gasteiger partial charge in [0.25, 0.3) is 0 Å². The average molecular weight is 395 g/mol. The molecule has 156 valence electrons. The Balaban J connectivity index is 1.51. The first kappa shape index (κ1) is 19.3. The third-order valence-electron chi connectivity index (χ3n) is 8.87. The van der Waals surface area contributed by atoms with Crippen LogP contribution in [-0.2, 0) is 6.42 Å². The standard InChI is InChI=1S/C25H34N2O2/c1-4-25(28)10-8-21-19-6-5-17-15-23(29-3)22(27-13-11-26-12-14-27)16-20(17)18(19)7-9-24(21,25)2/h1,15-16,18-19,21,26,28H,5-14H2,2-3H3/t18?,19?,21?,24-,25-/m0/s1. The maximum absolute atomic E-state index is 11.2. The van der Waals surface area contributed by atoms with Gasteiger partial charge in [-0.1, -0.05) is 12.8 Å². The van der Waals surface area contributed by atoms with Crippen LogP contribution >= 0.6 is 0 Å². The van der Waals surface area contributed by atoms with Crippen molar-refractivity contribution in [2.45, 2.75) is 57.0 Å². The van der Waals surface area contributed by atoms with Gasteiger partial charge in [0.2, 0.25) is 0 Å².